The average molecular weight is 366 g/mol. The molecule has 1 unspecified atom stereocenters. The van der Waals surface area contributed by atoms with Crippen LogP contribution in [0.5, 0.6) is 0 Å². The molecule has 0 aromatic carbocycles. The summed E-state index contributed by atoms with van der Waals surface area (Å²) in [6, 6.07) is 3.39. The third-order valence-corrected chi connectivity index (χ3v) is 6.92. The molecule has 0 spiro atoms. The van der Waals surface area contributed by atoms with Gasteiger partial charge in [-0.05, 0) is 37.8 Å². The van der Waals surface area contributed by atoms with Crippen LogP contribution in [0.25, 0.3) is 0 Å². The van der Waals surface area contributed by atoms with Gasteiger partial charge in [-0.25, -0.2) is 13.4 Å². The molecular formula is C17H26N4O3S. The first-order valence-electron chi connectivity index (χ1n) is 8.95. The van der Waals surface area contributed by atoms with E-state index in [0.29, 0.717) is 19.6 Å². The van der Waals surface area contributed by atoms with Gasteiger partial charge in [0.2, 0.25) is 15.9 Å². The van der Waals surface area contributed by atoms with Gasteiger partial charge < -0.3 is 10.2 Å². The Bertz CT molecular complexity index is 699. The fourth-order valence-electron chi connectivity index (χ4n) is 3.57. The number of rotatable bonds is 4. The summed E-state index contributed by atoms with van der Waals surface area (Å²) in [6.45, 7) is 2.62. The maximum Gasteiger partial charge on any atom is 0.244 e. The van der Waals surface area contributed by atoms with E-state index in [1.54, 1.807) is 23.5 Å². The van der Waals surface area contributed by atoms with Crippen LogP contribution in [0.1, 0.15) is 32.1 Å². The van der Waals surface area contributed by atoms with E-state index in [0.717, 1.165) is 44.5 Å². The Balaban J connectivity index is 1.72. The van der Waals surface area contributed by atoms with Crippen LogP contribution in [0.15, 0.2) is 23.2 Å². The predicted octanol–water partition coefficient (Wildman–Crippen LogP) is 1.22. The number of carbonyl (C=O) groups excluding carboxylic acids is 1. The zero-order valence-electron chi connectivity index (χ0n) is 14.6. The number of nitrogens with zero attached hydrogens (tertiary/aromatic N) is 3. The molecule has 2 aliphatic rings. The highest BCUT2D eigenvalue weighted by molar-refractivity contribution is 7.89. The maximum atomic E-state index is 12.7. The van der Waals surface area contributed by atoms with Gasteiger partial charge in [-0.2, -0.15) is 4.31 Å². The first-order valence-corrected chi connectivity index (χ1v) is 10.4. The molecule has 2 aliphatic heterocycles. The lowest BCUT2D eigenvalue weighted by atomic mass is 9.97. The van der Waals surface area contributed by atoms with E-state index < -0.39 is 10.0 Å². The second-order valence-corrected chi connectivity index (χ2v) is 8.65. The van der Waals surface area contributed by atoms with Crippen molar-refractivity contribution in [3.05, 3.63) is 18.3 Å². The Labute approximate surface area is 149 Å². The molecule has 7 nitrogen and oxygen atoms in total. The monoisotopic (exact) mass is 366 g/mol. The van der Waals surface area contributed by atoms with E-state index in [2.05, 4.69) is 15.2 Å². The molecule has 3 rings (SSSR count). The minimum absolute atomic E-state index is 0.0442. The normalized spacial score (nSPS) is 22.6. The lowest BCUT2D eigenvalue weighted by molar-refractivity contribution is -0.124. The molecule has 0 bridgehead atoms. The van der Waals surface area contributed by atoms with Gasteiger partial charge in [0.1, 0.15) is 10.7 Å². The molecule has 0 radical (unpaired) electrons. The topological polar surface area (TPSA) is 82.6 Å². The highest BCUT2D eigenvalue weighted by Gasteiger charge is 2.28. The fourth-order valence-corrected chi connectivity index (χ4v) is 5.03. The maximum absolute atomic E-state index is 12.7. The van der Waals surface area contributed by atoms with Gasteiger partial charge in [0.25, 0.3) is 0 Å². The third kappa shape index (κ3) is 3.95. The van der Waals surface area contributed by atoms with Gasteiger partial charge in [-0.1, -0.05) is 6.42 Å². The Morgan fingerprint density at radius 2 is 1.92 bits per heavy atom. The van der Waals surface area contributed by atoms with Crippen molar-refractivity contribution in [1.29, 1.82) is 0 Å². The van der Waals surface area contributed by atoms with E-state index in [-0.39, 0.29) is 16.7 Å². The van der Waals surface area contributed by atoms with Crippen LogP contribution in [0, 0.1) is 5.92 Å². The van der Waals surface area contributed by atoms with Crippen LogP contribution in [0.2, 0.25) is 0 Å². The zero-order valence-corrected chi connectivity index (χ0v) is 15.5. The van der Waals surface area contributed by atoms with Crippen LogP contribution in [0.4, 0.5) is 5.82 Å². The van der Waals surface area contributed by atoms with Crippen molar-refractivity contribution in [3.63, 3.8) is 0 Å². The second-order valence-electron chi connectivity index (χ2n) is 6.72. The van der Waals surface area contributed by atoms with Gasteiger partial charge in [-0.15, -0.1) is 0 Å². The Hall–Kier alpha value is -1.67. The molecule has 8 heteroatoms. The standard InChI is InChI=1S/C17H26N4O3S/c1-18-17(22)14-6-5-9-20(13-14)16-8-7-15(12-19-16)25(23,24)21-10-3-2-4-11-21/h7-8,12,14H,2-6,9-11,13H2,1H3,(H,18,22). The molecular weight excluding hydrogens is 340 g/mol. The van der Waals surface area contributed by atoms with Crippen LogP contribution in [-0.4, -0.2) is 56.8 Å². The van der Waals surface area contributed by atoms with E-state index in [1.807, 2.05) is 0 Å². The van der Waals surface area contributed by atoms with Crippen molar-refractivity contribution in [2.45, 2.75) is 37.0 Å². The molecule has 2 fully saturated rings. The minimum Gasteiger partial charge on any atom is -0.359 e. The quantitative estimate of drug-likeness (QED) is 0.866. The smallest absolute Gasteiger partial charge is 0.244 e. The summed E-state index contributed by atoms with van der Waals surface area (Å²) in [4.78, 5) is 18.5. The lowest BCUT2D eigenvalue weighted by Gasteiger charge is -2.32. The third-order valence-electron chi connectivity index (χ3n) is 5.04. The SMILES string of the molecule is CNC(=O)C1CCCN(c2ccc(S(=O)(=O)N3CCCCC3)cn2)C1. The first kappa shape index (κ1) is 18.1. The number of anilines is 1. The summed E-state index contributed by atoms with van der Waals surface area (Å²) < 4.78 is 26.9. The predicted molar refractivity (Wildman–Crippen MR) is 95.9 cm³/mol. The first-order chi connectivity index (χ1) is 12.0. The van der Waals surface area contributed by atoms with Crippen LogP contribution in [-0.2, 0) is 14.8 Å². The Morgan fingerprint density at radius 1 is 1.16 bits per heavy atom. The molecule has 1 aromatic heterocycles. The molecule has 1 amide bonds. The van der Waals surface area contributed by atoms with Crippen LogP contribution in [0.3, 0.4) is 0 Å². The van der Waals surface area contributed by atoms with Crippen molar-refractivity contribution < 1.29 is 13.2 Å². The molecule has 0 aliphatic carbocycles. The molecule has 138 valence electrons. The van der Waals surface area contributed by atoms with E-state index in [1.165, 1.54) is 6.20 Å². The second kappa shape index (κ2) is 7.70. The number of hydrogen-bond donors (Lipinski definition) is 1. The molecule has 1 atom stereocenters. The van der Waals surface area contributed by atoms with Gasteiger partial charge in [0, 0.05) is 39.4 Å². The van der Waals surface area contributed by atoms with E-state index in [4.69, 9.17) is 0 Å². The van der Waals surface area contributed by atoms with Crippen molar-refractivity contribution in [2.24, 2.45) is 5.92 Å². The van der Waals surface area contributed by atoms with E-state index in [9.17, 15) is 13.2 Å². The summed E-state index contributed by atoms with van der Waals surface area (Å²) in [7, 11) is -1.80. The molecule has 1 N–H and O–H groups in total. The number of carbonyl (C=O) groups is 1. The summed E-state index contributed by atoms with van der Waals surface area (Å²) in [5.41, 5.74) is 0. The highest BCUT2D eigenvalue weighted by atomic mass is 32.2. The largest absolute Gasteiger partial charge is 0.359 e. The van der Waals surface area contributed by atoms with Crippen molar-refractivity contribution >= 4 is 21.7 Å². The van der Waals surface area contributed by atoms with Gasteiger partial charge in [0.05, 0.1) is 5.92 Å². The highest BCUT2D eigenvalue weighted by Crippen LogP contribution is 2.24. The molecule has 1 aromatic rings. The van der Waals surface area contributed by atoms with Gasteiger partial charge >= 0.3 is 0 Å². The lowest BCUT2D eigenvalue weighted by Crippen LogP contribution is -2.42. The van der Waals surface area contributed by atoms with Crippen LogP contribution >= 0.6 is 0 Å². The molecule has 2 saturated heterocycles. The summed E-state index contributed by atoms with van der Waals surface area (Å²) in [5.74, 6) is 0.734. The molecule has 25 heavy (non-hydrogen) atoms. The number of pyridine rings is 1. The fraction of sp³-hybridized carbons (Fsp3) is 0.647. The van der Waals surface area contributed by atoms with Crippen molar-refractivity contribution in [3.8, 4) is 0 Å². The minimum atomic E-state index is -3.45. The van der Waals surface area contributed by atoms with Gasteiger partial charge in [0.15, 0.2) is 0 Å². The average Bonchev–Trinajstić information content (AvgIpc) is 2.68. The summed E-state index contributed by atoms with van der Waals surface area (Å²) >= 11 is 0. The molecule has 3 heterocycles. The Kier molecular flexibility index (Phi) is 5.58. The molecule has 0 saturated carbocycles. The number of amides is 1. The van der Waals surface area contributed by atoms with Crippen LogP contribution < -0.4 is 10.2 Å². The summed E-state index contributed by atoms with van der Waals surface area (Å²) in [6.07, 6.45) is 6.16. The Morgan fingerprint density at radius 3 is 2.56 bits per heavy atom. The number of aromatic nitrogens is 1. The number of hydrogen-bond acceptors (Lipinski definition) is 5. The van der Waals surface area contributed by atoms with Crippen molar-refractivity contribution in [1.82, 2.24) is 14.6 Å². The van der Waals surface area contributed by atoms with Gasteiger partial charge in [-0.3, -0.25) is 4.79 Å². The zero-order chi connectivity index (χ0) is 17.9. The number of nitrogens with one attached hydrogen (secondary N) is 1. The summed E-state index contributed by atoms with van der Waals surface area (Å²) in [5, 5.41) is 2.70. The number of piperidine rings is 2. The van der Waals surface area contributed by atoms with E-state index >= 15 is 0 Å². The van der Waals surface area contributed by atoms with Crippen molar-refractivity contribution in [2.75, 3.05) is 38.1 Å². The number of sulfonamides is 1.